The summed E-state index contributed by atoms with van der Waals surface area (Å²) in [7, 11) is 0. The van der Waals surface area contributed by atoms with E-state index in [4.69, 9.17) is 4.98 Å². The van der Waals surface area contributed by atoms with Crippen LogP contribution in [0.25, 0.3) is 33.7 Å². The molecule has 1 spiro atoms. The Morgan fingerprint density at radius 2 is 1.63 bits per heavy atom. The van der Waals surface area contributed by atoms with E-state index in [0.29, 0.717) is 5.92 Å². The van der Waals surface area contributed by atoms with E-state index in [1.807, 2.05) is 0 Å². The highest BCUT2D eigenvalue weighted by Gasteiger charge is 2.68. The molecule has 0 amide bonds. The van der Waals surface area contributed by atoms with Gasteiger partial charge in [0.2, 0.25) is 0 Å². The SMILES string of the molecule is C1=CC23C=CC4=CC=C(c5ccc(-c6c(-c7ccccc7)nc7ccccn67)cc5)C5=CCC(=C1)C2C45C3. The summed E-state index contributed by atoms with van der Waals surface area (Å²) in [6.45, 7) is 0. The second-order valence-corrected chi connectivity index (χ2v) is 11.3. The average Bonchev–Trinajstić information content (AvgIpc) is 3.36. The van der Waals surface area contributed by atoms with Gasteiger partial charge in [0.15, 0.2) is 0 Å². The fourth-order valence-corrected chi connectivity index (χ4v) is 8.09. The number of allylic oxidation sites excluding steroid dienone is 12. The van der Waals surface area contributed by atoms with Crippen molar-refractivity contribution in [2.24, 2.45) is 16.7 Å². The van der Waals surface area contributed by atoms with Gasteiger partial charge in [-0.1, -0.05) is 115 Å². The smallest absolute Gasteiger partial charge is 0.137 e. The molecule has 2 heterocycles. The largest absolute Gasteiger partial charge is 0.299 e. The summed E-state index contributed by atoms with van der Waals surface area (Å²) in [5, 5.41) is 0. The number of hydrogen-bond acceptors (Lipinski definition) is 1. The minimum atomic E-state index is 0.147. The molecule has 0 N–H and O–H groups in total. The number of imidazole rings is 1. The van der Waals surface area contributed by atoms with Crippen LogP contribution in [-0.2, 0) is 0 Å². The maximum atomic E-state index is 5.02. The highest BCUT2D eigenvalue weighted by Crippen LogP contribution is 2.77. The predicted octanol–water partition coefficient (Wildman–Crippen LogP) is 8.38. The Labute approximate surface area is 222 Å². The fraction of sp³-hybridized carbons (Fsp3) is 0.139. The van der Waals surface area contributed by atoms with E-state index in [-0.39, 0.29) is 10.8 Å². The van der Waals surface area contributed by atoms with Crippen molar-refractivity contribution in [1.82, 2.24) is 9.38 Å². The summed E-state index contributed by atoms with van der Waals surface area (Å²) < 4.78 is 2.21. The number of hydrogen-bond donors (Lipinski definition) is 0. The first-order chi connectivity index (χ1) is 18.8. The zero-order valence-corrected chi connectivity index (χ0v) is 21.0. The molecule has 180 valence electrons. The molecule has 5 aliphatic carbocycles. The standard InChI is InChI=1S/C36H26N2/c1-2-7-25(8-3-1)32-33(38-22-5-4-10-31(38)37-32)26-13-11-24(12-14-26)29-17-16-28-19-21-35-20-6-9-27-15-18-30(29)36(28,23-35)34(27)35/h1-14,16-22,34H,15,23H2. The van der Waals surface area contributed by atoms with Gasteiger partial charge in [-0.3, -0.25) is 4.40 Å². The van der Waals surface area contributed by atoms with Crippen LogP contribution in [0.1, 0.15) is 18.4 Å². The summed E-state index contributed by atoms with van der Waals surface area (Å²) in [5.74, 6) is 0.589. The van der Waals surface area contributed by atoms with Gasteiger partial charge in [-0.15, -0.1) is 0 Å². The number of nitrogens with zero attached hydrogens (tertiary/aromatic N) is 2. The van der Waals surface area contributed by atoms with Crippen molar-refractivity contribution < 1.29 is 0 Å². The monoisotopic (exact) mass is 486 g/mol. The molecule has 0 saturated heterocycles. The molecule has 2 bridgehead atoms. The third-order valence-corrected chi connectivity index (χ3v) is 9.58. The number of benzene rings is 2. The molecular formula is C36H26N2. The summed E-state index contributed by atoms with van der Waals surface area (Å²) >= 11 is 0. The van der Waals surface area contributed by atoms with Gasteiger partial charge in [0.05, 0.1) is 11.4 Å². The van der Waals surface area contributed by atoms with Crippen LogP contribution in [0.2, 0.25) is 0 Å². The van der Waals surface area contributed by atoms with Crippen molar-refractivity contribution in [1.29, 1.82) is 0 Å². The van der Waals surface area contributed by atoms with Gasteiger partial charge in [0, 0.05) is 34.1 Å². The van der Waals surface area contributed by atoms with Crippen LogP contribution in [0.3, 0.4) is 0 Å². The molecule has 9 rings (SSSR count). The molecule has 4 aromatic rings. The number of rotatable bonds is 3. The average molecular weight is 487 g/mol. The van der Waals surface area contributed by atoms with Crippen LogP contribution in [0.4, 0.5) is 0 Å². The molecule has 1 saturated carbocycles. The van der Waals surface area contributed by atoms with Crippen LogP contribution in [0.15, 0.2) is 144 Å². The first-order valence-electron chi connectivity index (χ1n) is 13.6. The van der Waals surface area contributed by atoms with Crippen molar-refractivity contribution in [3.05, 3.63) is 150 Å². The molecule has 5 aliphatic rings. The lowest BCUT2D eigenvalue weighted by molar-refractivity contribution is 0.0101. The van der Waals surface area contributed by atoms with E-state index in [2.05, 4.69) is 132 Å². The first kappa shape index (κ1) is 20.6. The van der Waals surface area contributed by atoms with E-state index in [9.17, 15) is 0 Å². The van der Waals surface area contributed by atoms with Gasteiger partial charge in [0.1, 0.15) is 5.65 Å². The molecule has 2 nitrogen and oxygen atoms in total. The Morgan fingerprint density at radius 3 is 2.53 bits per heavy atom. The Balaban J connectivity index is 1.16. The summed E-state index contributed by atoms with van der Waals surface area (Å²) in [6, 6.07) is 25.9. The summed E-state index contributed by atoms with van der Waals surface area (Å²) in [5.41, 5.74) is 13.1. The topological polar surface area (TPSA) is 17.3 Å². The third-order valence-electron chi connectivity index (χ3n) is 9.58. The van der Waals surface area contributed by atoms with Crippen LogP contribution in [0, 0.1) is 16.7 Å². The van der Waals surface area contributed by atoms with Crippen molar-refractivity contribution in [3.8, 4) is 22.5 Å². The molecule has 0 radical (unpaired) electrons. The van der Waals surface area contributed by atoms with Crippen molar-refractivity contribution in [3.63, 3.8) is 0 Å². The molecule has 1 fully saturated rings. The maximum Gasteiger partial charge on any atom is 0.137 e. The molecule has 3 atom stereocenters. The van der Waals surface area contributed by atoms with Gasteiger partial charge in [-0.25, -0.2) is 4.98 Å². The van der Waals surface area contributed by atoms with Gasteiger partial charge < -0.3 is 0 Å². The van der Waals surface area contributed by atoms with Crippen LogP contribution >= 0.6 is 0 Å². The molecule has 38 heavy (non-hydrogen) atoms. The molecule has 2 aromatic carbocycles. The lowest BCUT2D eigenvalue weighted by Crippen LogP contribution is -2.61. The number of aromatic nitrogens is 2. The van der Waals surface area contributed by atoms with Crippen molar-refractivity contribution in [2.75, 3.05) is 0 Å². The van der Waals surface area contributed by atoms with Gasteiger partial charge >= 0.3 is 0 Å². The van der Waals surface area contributed by atoms with E-state index < -0.39 is 0 Å². The van der Waals surface area contributed by atoms with E-state index in [0.717, 1.165) is 29.0 Å². The highest BCUT2D eigenvalue weighted by atomic mass is 15.0. The molecular weight excluding hydrogens is 460 g/mol. The summed E-state index contributed by atoms with van der Waals surface area (Å²) in [4.78, 5) is 5.02. The summed E-state index contributed by atoms with van der Waals surface area (Å²) in [6.07, 6.45) is 23.6. The minimum Gasteiger partial charge on any atom is -0.299 e. The molecule has 2 aromatic heterocycles. The fourth-order valence-electron chi connectivity index (χ4n) is 8.09. The lowest BCUT2D eigenvalue weighted by Gasteiger charge is -2.69. The Hall–Kier alpha value is -4.43. The Morgan fingerprint density at radius 1 is 0.789 bits per heavy atom. The first-order valence-corrected chi connectivity index (χ1v) is 13.6. The zero-order valence-electron chi connectivity index (χ0n) is 21.0. The number of fused-ring (bicyclic) bond motifs is 1. The normalized spacial score (nSPS) is 27.6. The maximum absolute atomic E-state index is 5.02. The molecule has 3 unspecified atom stereocenters. The van der Waals surface area contributed by atoms with Crippen LogP contribution < -0.4 is 0 Å². The quantitative estimate of drug-likeness (QED) is 0.284. The number of pyridine rings is 1. The second kappa shape index (κ2) is 7.11. The minimum absolute atomic E-state index is 0.147. The zero-order chi connectivity index (χ0) is 24.9. The van der Waals surface area contributed by atoms with Crippen LogP contribution in [-0.4, -0.2) is 9.38 Å². The van der Waals surface area contributed by atoms with E-state index >= 15 is 0 Å². The van der Waals surface area contributed by atoms with Gasteiger partial charge in [-0.05, 0) is 47.3 Å². The second-order valence-electron chi connectivity index (χ2n) is 11.3. The molecule has 0 aliphatic heterocycles. The van der Waals surface area contributed by atoms with Crippen molar-refractivity contribution >= 4 is 11.2 Å². The van der Waals surface area contributed by atoms with Gasteiger partial charge in [0.25, 0.3) is 0 Å². The Kier molecular flexibility index (Phi) is 3.86. The van der Waals surface area contributed by atoms with Crippen LogP contribution in [0.5, 0.6) is 0 Å². The van der Waals surface area contributed by atoms with E-state index in [1.54, 1.807) is 11.1 Å². The van der Waals surface area contributed by atoms with Crippen molar-refractivity contribution in [2.45, 2.75) is 12.8 Å². The molecule has 2 heteroatoms. The third kappa shape index (κ3) is 2.46. The lowest BCUT2D eigenvalue weighted by atomic mass is 9.33. The van der Waals surface area contributed by atoms with Gasteiger partial charge in [-0.2, -0.15) is 0 Å². The highest BCUT2D eigenvalue weighted by molar-refractivity contribution is 5.89. The van der Waals surface area contributed by atoms with E-state index in [1.165, 1.54) is 28.7 Å². The Bertz CT molecular complexity index is 1860. The predicted molar refractivity (Wildman–Crippen MR) is 154 cm³/mol.